The zero-order chi connectivity index (χ0) is 36.8. The summed E-state index contributed by atoms with van der Waals surface area (Å²) in [6, 6.07) is 9.59. The first-order valence-corrected chi connectivity index (χ1v) is 24.3. The lowest BCUT2D eigenvalue weighted by atomic mass is 9.97. The highest BCUT2D eigenvalue weighted by atomic mass is 32.1. The van der Waals surface area contributed by atoms with Crippen LogP contribution in [0.4, 0.5) is 0 Å². The van der Waals surface area contributed by atoms with Crippen LogP contribution in [0, 0.1) is 6.92 Å². The van der Waals surface area contributed by atoms with E-state index in [9.17, 15) is 0 Å². The van der Waals surface area contributed by atoms with Crippen molar-refractivity contribution < 1.29 is 0 Å². The molecule has 0 saturated heterocycles. The first-order chi connectivity index (χ1) is 26.1. The summed E-state index contributed by atoms with van der Waals surface area (Å²) in [4.78, 5) is 5.56. The van der Waals surface area contributed by atoms with Gasteiger partial charge in [0, 0.05) is 41.4 Å². The highest BCUT2D eigenvalue weighted by molar-refractivity contribution is 7.16. The molecule has 0 atom stereocenters. The van der Waals surface area contributed by atoms with Crippen molar-refractivity contribution in [3.05, 3.63) is 45.1 Å². The molecule has 286 valence electrons. The number of hydrogen-bond donors (Lipinski definition) is 0. The Labute approximate surface area is 335 Å². The Balaban J connectivity index is 1.14. The van der Waals surface area contributed by atoms with Crippen molar-refractivity contribution in [3.63, 3.8) is 0 Å². The number of benzene rings is 2. The molecule has 4 aromatic heterocycles. The molecule has 0 unspecified atom stereocenters. The largest absolute Gasteiger partial charge is 0.172 e. The van der Waals surface area contributed by atoms with Gasteiger partial charge in [-0.05, 0) is 74.4 Å². The number of fused-ring (bicyclic) bond motifs is 5. The van der Waals surface area contributed by atoms with Gasteiger partial charge < -0.3 is 0 Å². The van der Waals surface area contributed by atoms with Crippen molar-refractivity contribution in [1.82, 2.24) is 17.5 Å². The lowest BCUT2D eigenvalue weighted by molar-refractivity contribution is 0.556. The summed E-state index contributed by atoms with van der Waals surface area (Å²) >= 11 is 6.52. The number of aryl methyl sites for hydroxylation is 4. The predicted octanol–water partition coefficient (Wildman–Crippen LogP) is 16.1. The van der Waals surface area contributed by atoms with Crippen molar-refractivity contribution in [2.24, 2.45) is 0 Å². The summed E-state index contributed by atoms with van der Waals surface area (Å²) in [6.45, 7) is 9.19. The quantitative estimate of drug-likeness (QED) is 0.0542. The van der Waals surface area contributed by atoms with E-state index in [2.05, 4.69) is 52.0 Å². The zero-order valence-electron chi connectivity index (χ0n) is 33.0. The normalized spacial score (nSPS) is 12.0. The molecular formula is C45H62N4S4. The molecule has 8 heteroatoms. The summed E-state index contributed by atoms with van der Waals surface area (Å²) in [5.41, 5.74) is 9.45. The van der Waals surface area contributed by atoms with E-state index in [1.54, 1.807) is 0 Å². The molecule has 0 amide bonds. The van der Waals surface area contributed by atoms with Gasteiger partial charge in [-0.25, -0.2) is 0 Å². The molecule has 2 aromatic carbocycles. The van der Waals surface area contributed by atoms with Crippen LogP contribution in [0.25, 0.3) is 53.7 Å². The van der Waals surface area contributed by atoms with Crippen molar-refractivity contribution in [3.8, 4) is 20.9 Å². The molecule has 4 nitrogen and oxygen atoms in total. The maximum Gasteiger partial charge on any atom is 0.114 e. The molecular weight excluding hydrogens is 725 g/mol. The van der Waals surface area contributed by atoms with Gasteiger partial charge in [0.2, 0.25) is 0 Å². The molecule has 0 N–H and O–H groups in total. The number of rotatable bonds is 25. The van der Waals surface area contributed by atoms with Crippen LogP contribution in [0.2, 0.25) is 0 Å². The van der Waals surface area contributed by atoms with Crippen LogP contribution in [0.5, 0.6) is 0 Å². The average molecular weight is 787 g/mol. The monoisotopic (exact) mass is 786 g/mol. The maximum absolute atomic E-state index is 4.92. The fraction of sp³-hybridized carbons (Fsp3) is 0.600. The Kier molecular flexibility index (Phi) is 16.1. The summed E-state index contributed by atoms with van der Waals surface area (Å²) in [7, 11) is 0. The Morgan fingerprint density at radius 1 is 0.434 bits per heavy atom. The van der Waals surface area contributed by atoms with Gasteiger partial charge in [-0.2, -0.15) is 17.5 Å². The van der Waals surface area contributed by atoms with Crippen molar-refractivity contribution in [2.45, 2.75) is 175 Å². The van der Waals surface area contributed by atoms with E-state index >= 15 is 0 Å². The SMILES string of the molecule is CCCCCCCCCCCCc1cc(-c2cc3c(cc(-c4cc(CCCCCCCCCCCC)c(CC)s4)c4nsnc43)c3nsnc23)sc1C. The second-order valence-electron chi connectivity index (χ2n) is 15.3. The molecule has 0 saturated carbocycles. The second-order valence-corrected chi connectivity index (χ2v) is 18.8. The highest BCUT2D eigenvalue weighted by Crippen LogP contribution is 2.44. The Bertz CT molecular complexity index is 2000. The Morgan fingerprint density at radius 3 is 1.30 bits per heavy atom. The van der Waals surface area contributed by atoms with E-state index in [1.165, 1.54) is 200 Å². The van der Waals surface area contributed by atoms with E-state index in [0.29, 0.717) is 0 Å². The van der Waals surface area contributed by atoms with Gasteiger partial charge in [0.05, 0.1) is 23.5 Å². The van der Waals surface area contributed by atoms with Gasteiger partial charge >= 0.3 is 0 Å². The number of unbranched alkanes of at least 4 members (excludes halogenated alkanes) is 18. The first kappa shape index (κ1) is 40.4. The van der Waals surface area contributed by atoms with Gasteiger partial charge in [0.25, 0.3) is 0 Å². The van der Waals surface area contributed by atoms with Gasteiger partial charge in [0.1, 0.15) is 22.1 Å². The summed E-state index contributed by atoms with van der Waals surface area (Å²) in [5, 5.41) is 2.29. The summed E-state index contributed by atoms with van der Waals surface area (Å²) < 4.78 is 19.6. The average Bonchev–Trinajstić information content (AvgIpc) is 3.99. The number of thiophene rings is 2. The molecule has 53 heavy (non-hydrogen) atoms. The fourth-order valence-electron chi connectivity index (χ4n) is 8.05. The van der Waals surface area contributed by atoms with E-state index < -0.39 is 0 Å². The molecule has 0 aliphatic rings. The standard InChI is InChI=1S/C45H62N4S4/c1-5-8-10-12-14-16-18-20-22-24-26-33-28-40(50-32(33)4)37-30-35-36(42-44(37)48-52-46-42)31-38(45-43(35)47-53-49-45)41-29-34(39(7-3)51-41)27-25-23-21-19-17-15-13-11-9-6-2/h28-31H,5-27H2,1-4H3. The molecule has 6 aromatic rings. The van der Waals surface area contributed by atoms with E-state index in [-0.39, 0.29) is 0 Å². The summed E-state index contributed by atoms with van der Waals surface area (Å²) in [5.74, 6) is 0. The molecule has 4 heterocycles. The molecule has 0 bridgehead atoms. The minimum Gasteiger partial charge on any atom is -0.172 e. The smallest absolute Gasteiger partial charge is 0.114 e. The van der Waals surface area contributed by atoms with Gasteiger partial charge in [-0.1, -0.05) is 136 Å². The predicted molar refractivity (Wildman–Crippen MR) is 238 cm³/mol. The van der Waals surface area contributed by atoms with Gasteiger partial charge in [0.15, 0.2) is 0 Å². The third-order valence-corrected chi connectivity index (χ3v) is 14.8. The van der Waals surface area contributed by atoms with Gasteiger partial charge in [-0.3, -0.25) is 0 Å². The Hall–Kier alpha value is -2.26. The van der Waals surface area contributed by atoms with Crippen LogP contribution >= 0.6 is 46.1 Å². The minimum atomic E-state index is 0.999. The summed E-state index contributed by atoms with van der Waals surface area (Å²) in [6.07, 6.45) is 30.9. The molecule has 6 rings (SSSR count). The number of nitrogens with zero attached hydrogens (tertiary/aromatic N) is 4. The maximum atomic E-state index is 4.92. The number of aromatic nitrogens is 4. The minimum absolute atomic E-state index is 0.999. The molecule has 0 aliphatic heterocycles. The second kappa shape index (κ2) is 21.2. The van der Waals surface area contributed by atoms with Crippen LogP contribution < -0.4 is 0 Å². The van der Waals surface area contributed by atoms with Crippen LogP contribution in [-0.4, -0.2) is 17.5 Å². The van der Waals surface area contributed by atoms with Crippen molar-refractivity contribution >= 4 is 79.0 Å². The molecule has 0 fully saturated rings. The van der Waals surface area contributed by atoms with Crippen LogP contribution in [0.15, 0.2) is 24.3 Å². The lowest BCUT2D eigenvalue weighted by Crippen LogP contribution is -1.89. The molecule has 0 radical (unpaired) electrons. The Morgan fingerprint density at radius 2 is 0.830 bits per heavy atom. The molecule has 0 spiro atoms. The first-order valence-electron chi connectivity index (χ1n) is 21.2. The third-order valence-electron chi connectivity index (χ3n) is 11.2. The van der Waals surface area contributed by atoms with E-state index in [1.807, 2.05) is 22.7 Å². The molecule has 0 aliphatic carbocycles. The number of hydrogen-bond acceptors (Lipinski definition) is 8. The van der Waals surface area contributed by atoms with Crippen molar-refractivity contribution in [1.29, 1.82) is 0 Å². The highest BCUT2D eigenvalue weighted by Gasteiger charge is 2.22. The van der Waals surface area contributed by atoms with Crippen LogP contribution in [0.3, 0.4) is 0 Å². The van der Waals surface area contributed by atoms with E-state index in [4.69, 9.17) is 17.5 Å². The van der Waals surface area contributed by atoms with Gasteiger partial charge in [-0.15, -0.1) is 22.7 Å². The fourth-order valence-corrected chi connectivity index (χ4v) is 11.5. The van der Waals surface area contributed by atoms with E-state index in [0.717, 1.165) is 45.7 Å². The topological polar surface area (TPSA) is 51.6 Å². The lowest BCUT2D eigenvalue weighted by Gasteiger charge is -2.08. The van der Waals surface area contributed by atoms with Crippen LogP contribution in [0.1, 0.15) is 170 Å². The van der Waals surface area contributed by atoms with Crippen LogP contribution in [-0.2, 0) is 19.3 Å². The zero-order valence-corrected chi connectivity index (χ0v) is 36.3. The van der Waals surface area contributed by atoms with Crippen molar-refractivity contribution in [2.75, 3.05) is 0 Å². The third kappa shape index (κ3) is 10.5.